The fourth-order valence-electron chi connectivity index (χ4n) is 3.24. The normalized spacial score (nSPS) is 18.0. The first-order valence-corrected chi connectivity index (χ1v) is 9.35. The molecule has 1 aromatic rings. The maximum absolute atomic E-state index is 12.4. The minimum Gasteiger partial charge on any atom is -0.445 e. The van der Waals surface area contributed by atoms with Gasteiger partial charge in [0.1, 0.15) is 6.61 Å². The SMILES string of the molecule is CCCCCC/C(C)=C\C1CCCN1C(=O)OCc1ccccc1. The molecular formula is C21H31NO2. The summed E-state index contributed by atoms with van der Waals surface area (Å²) in [7, 11) is 0. The first-order chi connectivity index (χ1) is 11.7. The van der Waals surface area contributed by atoms with E-state index >= 15 is 0 Å². The van der Waals surface area contributed by atoms with Gasteiger partial charge in [-0.15, -0.1) is 0 Å². The first kappa shape index (κ1) is 18.6. The van der Waals surface area contributed by atoms with Crippen molar-refractivity contribution in [1.82, 2.24) is 4.90 Å². The predicted molar refractivity (Wildman–Crippen MR) is 98.9 cm³/mol. The molecule has 1 fully saturated rings. The van der Waals surface area contributed by atoms with Gasteiger partial charge in [0.15, 0.2) is 0 Å². The third-order valence-corrected chi connectivity index (χ3v) is 4.64. The molecule has 0 aliphatic carbocycles. The second kappa shape index (κ2) is 10.2. The molecule has 0 N–H and O–H groups in total. The lowest BCUT2D eigenvalue weighted by Crippen LogP contribution is -2.35. The molecule has 2 rings (SSSR count). The second-order valence-corrected chi connectivity index (χ2v) is 6.77. The average Bonchev–Trinajstić information content (AvgIpc) is 3.05. The number of benzene rings is 1. The second-order valence-electron chi connectivity index (χ2n) is 6.77. The summed E-state index contributed by atoms with van der Waals surface area (Å²) < 4.78 is 5.49. The zero-order chi connectivity index (χ0) is 17.2. The van der Waals surface area contributed by atoms with Crippen LogP contribution in [0.25, 0.3) is 0 Å². The zero-order valence-corrected chi connectivity index (χ0v) is 15.2. The van der Waals surface area contributed by atoms with Crippen molar-refractivity contribution in [3.05, 3.63) is 47.5 Å². The van der Waals surface area contributed by atoms with Gasteiger partial charge in [-0.05, 0) is 38.2 Å². The maximum atomic E-state index is 12.4. The molecular weight excluding hydrogens is 298 g/mol. The monoisotopic (exact) mass is 329 g/mol. The summed E-state index contributed by atoms with van der Waals surface area (Å²) in [6.07, 6.45) is 10.5. The van der Waals surface area contributed by atoms with Gasteiger partial charge in [-0.2, -0.15) is 0 Å². The summed E-state index contributed by atoms with van der Waals surface area (Å²) in [6.45, 7) is 5.58. The van der Waals surface area contributed by atoms with Gasteiger partial charge < -0.3 is 9.64 Å². The Balaban J connectivity index is 1.81. The largest absolute Gasteiger partial charge is 0.445 e. The number of nitrogens with zero attached hydrogens (tertiary/aromatic N) is 1. The van der Waals surface area contributed by atoms with Crippen LogP contribution in [0.4, 0.5) is 4.79 Å². The van der Waals surface area contributed by atoms with Crippen molar-refractivity contribution < 1.29 is 9.53 Å². The Morgan fingerprint density at radius 3 is 2.79 bits per heavy atom. The van der Waals surface area contributed by atoms with Gasteiger partial charge in [0, 0.05) is 6.54 Å². The van der Waals surface area contributed by atoms with Crippen LogP contribution in [0.5, 0.6) is 0 Å². The molecule has 1 saturated heterocycles. The number of unbranched alkanes of at least 4 members (excludes halogenated alkanes) is 3. The summed E-state index contributed by atoms with van der Waals surface area (Å²) in [4.78, 5) is 14.3. The number of hydrogen-bond donors (Lipinski definition) is 0. The topological polar surface area (TPSA) is 29.5 Å². The highest BCUT2D eigenvalue weighted by Crippen LogP contribution is 2.22. The van der Waals surface area contributed by atoms with E-state index in [0.717, 1.165) is 31.4 Å². The standard InChI is InChI=1S/C21H31NO2/c1-3-4-5-7-11-18(2)16-20-14-10-15-22(20)21(23)24-17-19-12-8-6-9-13-19/h6,8-9,12-13,16,20H,3-5,7,10-11,14-15,17H2,1-2H3/b18-16-. The van der Waals surface area contributed by atoms with Gasteiger partial charge in [0.25, 0.3) is 0 Å². The van der Waals surface area contributed by atoms with Crippen LogP contribution in [0.1, 0.15) is 64.4 Å². The fourth-order valence-corrected chi connectivity index (χ4v) is 3.24. The van der Waals surface area contributed by atoms with Gasteiger partial charge >= 0.3 is 6.09 Å². The Bertz CT molecular complexity index is 524. The van der Waals surface area contributed by atoms with Crippen molar-refractivity contribution in [3.8, 4) is 0 Å². The highest BCUT2D eigenvalue weighted by atomic mass is 16.6. The molecule has 1 aromatic carbocycles. The van der Waals surface area contributed by atoms with Gasteiger partial charge in [-0.1, -0.05) is 68.2 Å². The van der Waals surface area contributed by atoms with Crippen LogP contribution in [0.2, 0.25) is 0 Å². The van der Waals surface area contributed by atoms with Crippen molar-refractivity contribution in [1.29, 1.82) is 0 Å². The Kier molecular flexibility index (Phi) is 7.87. The van der Waals surface area contributed by atoms with E-state index in [9.17, 15) is 4.79 Å². The van der Waals surface area contributed by atoms with Crippen LogP contribution in [-0.2, 0) is 11.3 Å². The van der Waals surface area contributed by atoms with E-state index in [1.54, 1.807) is 0 Å². The van der Waals surface area contributed by atoms with Gasteiger partial charge in [0.2, 0.25) is 0 Å². The molecule has 1 amide bonds. The number of amides is 1. The number of rotatable bonds is 8. The van der Waals surface area contributed by atoms with Gasteiger partial charge in [0.05, 0.1) is 6.04 Å². The minimum absolute atomic E-state index is 0.184. The van der Waals surface area contributed by atoms with E-state index in [0.29, 0.717) is 6.61 Å². The molecule has 0 radical (unpaired) electrons. The number of ether oxygens (including phenoxy) is 1. The molecule has 0 bridgehead atoms. The molecule has 1 aliphatic heterocycles. The molecule has 0 saturated carbocycles. The van der Waals surface area contributed by atoms with Crippen molar-refractivity contribution in [2.45, 2.75) is 71.4 Å². The van der Waals surface area contributed by atoms with Crippen LogP contribution < -0.4 is 0 Å². The number of carbonyl (C=O) groups is 1. The summed E-state index contributed by atoms with van der Waals surface area (Å²) in [6, 6.07) is 10.1. The molecule has 1 aliphatic rings. The zero-order valence-electron chi connectivity index (χ0n) is 15.2. The molecule has 132 valence electrons. The van der Waals surface area contributed by atoms with Crippen molar-refractivity contribution in [2.75, 3.05) is 6.54 Å². The number of likely N-dealkylation sites (tertiary alicyclic amines) is 1. The summed E-state index contributed by atoms with van der Waals surface area (Å²) in [5, 5.41) is 0. The highest BCUT2D eigenvalue weighted by Gasteiger charge is 2.28. The van der Waals surface area contributed by atoms with Crippen molar-refractivity contribution in [3.63, 3.8) is 0 Å². The van der Waals surface area contributed by atoms with E-state index in [1.807, 2.05) is 35.2 Å². The van der Waals surface area contributed by atoms with Crippen LogP contribution in [0.15, 0.2) is 42.0 Å². The third-order valence-electron chi connectivity index (χ3n) is 4.64. The van der Waals surface area contributed by atoms with Crippen molar-refractivity contribution in [2.24, 2.45) is 0 Å². The van der Waals surface area contributed by atoms with E-state index in [-0.39, 0.29) is 12.1 Å². The maximum Gasteiger partial charge on any atom is 0.410 e. The minimum atomic E-state index is -0.184. The van der Waals surface area contributed by atoms with Gasteiger partial charge in [-0.25, -0.2) is 4.79 Å². The van der Waals surface area contributed by atoms with E-state index in [4.69, 9.17) is 4.74 Å². The molecule has 3 heteroatoms. The Morgan fingerprint density at radius 1 is 1.25 bits per heavy atom. The lowest BCUT2D eigenvalue weighted by molar-refractivity contribution is 0.0974. The molecule has 1 unspecified atom stereocenters. The number of carbonyl (C=O) groups excluding carboxylic acids is 1. The quantitative estimate of drug-likeness (QED) is 0.452. The summed E-state index contributed by atoms with van der Waals surface area (Å²) in [5.41, 5.74) is 2.43. The number of allylic oxidation sites excluding steroid dienone is 1. The van der Waals surface area contributed by atoms with Crippen LogP contribution in [0.3, 0.4) is 0 Å². The van der Waals surface area contributed by atoms with E-state index in [1.165, 1.54) is 31.3 Å². The highest BCUT2D eigenvalue weighted by molar-refractivity contribution is 5.68. The van der Waals surface area contributed by atoms with E-state index < -0.39 is 0 Å². The lowest BCUT2D eigenvalue weighted by atomic mass is 10.0. The Hall–Kier alpha value is -1.77. The van der Waals surface area contributed by atoms with Crippen molar-refractivity contribution >= 4 is 6.09 Å². The lowest BCUT2D eigenvalue weighted by Gasteiger charge is -2.22. The smallest absolute Gasteiger partial charge is 0.410 e. The number of hydrogen-bond acceptors (Lipinski definition) is 2. The summed E-state index contributed by atoms with van der Waals surface area (Å²) in [5.74, 6) is 0. The third kappa shape index (κ3) is 6.03. The molecule has 0 aromatic heterocycles. The average molecular weight is 329 g/mol. The summed E-state index contributed by atoms with van der Waals surface area (Å²) >= 11 is 0. The molecule has 1 atom stereocenters. The fraction of sp³-hybridized carbons (Fsp3) is 0.571. The van der Waals surface area contributed by atoms with E-state index in [2.05, 4.69) is 19.9 Å². The van der Waals surface area contributed by atoms with Crippen LogP contribution in [-0.4, -0.2) is 23.6 Å². The molecule has 24 heavy (non-hydrogen) atoms. The molecule has 1 heterocycles. The molecule has 3 nitrogen and oxygen atoms in total. The Labute approximate surface area is 146 Å². The van der Waals surface area contributed by atoms with Crippen LogP contribution >= 0.6 is 0 Å². The molecule has 0 spiro atoms. The predicted octanol–water partition coefficient (Wildman–Crippen LogP) is 5.70. The van der Waals surface area contributed by atoms with Gasteiger partial charge in [-0.3, -0.25) is 0 Å². The van der Waals surface area contributed by atoms with Crippen LogP contribution in [0, 0.1) is 0 Å². The Morgan fingerprint density at radius 2 is 2.04 bits per heavy atom. The first-order valence-electron chi connectivity index (χ1n) is 9.35.